The zero-order chi connectivity index (χ0) is 13.9. The Hall–Kier alpha value is -1.88. The summed E-state index contributed by atoms with van der Waals surface area (Å²) in [4.78, 5) is 4.41. The summed E-state index contributed by atoms with van der Waals surface area (Å²) < 4.78 is 10.5. The van der Waals surface area contributed by atoms with E-state index >= 15 is 0 Å². The summed E-state index contributed by atoms with van der Waals surface area (Å²) in [6.45, 7) is 4.04. The van der Waals surface area contributed by atoms with Crippen LogP contribution in [0.3, 0.4) is 0 Å². The second-order valence-corrected chi connectivity index (χ2v) is 4.52. The monoisotopic (exact) mass is 261 g/mol. The third-order valence-corrected chi connectivity index (χ3v) is 3.45. The molecule has 5 heteroatoms. The maximum Gasteiger partial charge on any atom is 0.258 e. The van der Waals surface area contributed by atoms with Gasteiger partial charge in [0.25, 0.3) is 5.89 Å². The molecular formula is C14H19N3O2. The van der Waals surface area contributed by atoms with Crippen molar-refractivity contribution in [3.8, 4) is 17.2 Å². The van der Waals surface area contributed by atoms with Gasteiger partial charge in [-0.05, 0) is 31.0 Å². The highest BCUT2D eigenvalue weighted by atomic mass is 16.5. The molecule has 0 unspecified atom stereocenters. The fourth-order valence-electron chi connectivity index (χ4n) is 1.87. The van der Waals surface area contributed by atoms with Crippen molar-refractivity contribution < 1.29 is 9.26 Å². The van der Waals surface area contributed by atoms with Crippen molar-refractivity contribution in [1.29, 1.82) is 0 Å². The Bertz CT molecular complexity index is 547. The summed E-state index contributed by atoms with van der Waals surface area (Å²) in [6.07, 6.45) is 1.53. The van der Waals surface area contributed by atoms with Crippen molar-refractivity contribution >= 4 is 0 Å². The lowest BCUT2D eigenvalue weighted by Crippen LogP contribution is -2.36. The molecule has 0 bridgehead atoms. The van der Waals surface area contributed by atoms with Crippen LogP contribution >= 0.6 is 0 Å². The lowest BCUT2D eigenvalue weighted by atomic mass is 9.93. The van der Waals surface area contributed by atoms with Gasteiger partial charge in [-0.2, -0.15) is 4.98 Å². The highest BCUT2D eigenvalue weighted by Gasteiger charge is 2.29. The van der Waals surface area contributed by atoms with Crippen LogP contribution in [0.15, 0.2) is 28.8 Å². The molecule has 0 aliphatic rings. The van der Waals surface area contributed by atoms with E-state index in [-0.39, 0.29) is 0 Å². The zero-order valence-corrected chi connectivity index (χ0v) is 11.5. The number of rotatable bonds is 5. The molecule has 5 nitrogen and oxygen atoms in total. The minimum Gasteiger partial charge on any atom is -0.497 e. The third kappa shape index (κ3) is 2.61. The average molecular weight is 261 g/mol. The molecule has 1 aromatic heterocycles. The van der Waals surface area contributed by atoms with E-state index in [2.05, 4.69) is 10.1 Å². The first kappa shape index (κ1) is 13.5. The third-order valence-electron chi connectivity index (χ3n) is 3.45. The molecule has 0 saturated heterocycles. The first-order valence-electron chi connectivity index (χ1n) is 6.40. The number of nitrogens with two attached hydrogens (primary N) is 1. The van der Waals surface area contributed by atoms with Gasteiger partial charge in [0, 0.05) is 5.56 Å². The molecule has 0 atom stereocenters. The lowest BCUT2D eigenvalue weighted by Gasteiger charge is -2.21. The molecule has 1 heterocycles. The van der Waals surface area contributed by atoms with Crippen LogP contribution in [0.4, 0.5) is 0 Å². The van der Waals surface area contributed by atoms with Gasteiger partial charge in [0.15, 0.2) is 5.82 Å². The number of aromatic nitrogens is 2. The Labute approximate surface area is 112 Å². The molecule has 0 radical (unpaired) electrons. The van der Waals surface area contributed by atoms with Crippen LogP contribution in [0.25, 0.3) is 11.5 Å². The Morgan fingerprint density at radius 3 is 2.68 bits per heavy atom. The summed E-state index contributed by atoms with van der Waals surface area (Å²) in [5.41, 5.74) is 6.56. The summed E-state index contributed by atoms with van der Waals surface area (Å²) in [5.74, 6) is 1.77. The molecule has 102 valence electrons. The van der Waals surface area contributed by atoms with Crippen LogP contribution in [0.1, 0.15) is 32.5 Å². The Morgan fingerprint density at radius 1 is 1.32 bits per heavy atom. The summed E-state index contributed by atoms with van der Waals surface area (Å²) in [7, 11) is 1.62. The van der Waals surface area contributed by atoms with Crippen molar-refractivity contribution in [2.24, 2.45) is 5.73 Å². The standard InChI is InChI=1S/C14H19N3O2/c1-4-14(15,5-2)13-16-12(19-17-13)10-7-6-8-11(9-10)18-3/h6-9H,4-5,15H2,1-3H3. The molecule has 0 amide bonds. The van der Waals surface area contributed by atoms with Crippen LogP contribution in [-0.2, 0) is 5.54 Å². The van der Waals surface area contributed by atoms with E-state index in [0.717, 1.165) is 24.2 Å². The van der Waals surface area contributed by atoms with E-state index < -0.39 is 5.54 Å². The molecular weight excluding hydrogens is 242 g/mol. The smallest absolute Gasteiger partial charge is 0.258 e. The number of benzene rings is 1. The maximum atomic E-state index is 6.26. The lowest BCUT2D eigenvalue weighted by molar-refractivity contribution is 0.350. The first-order chi connectivity index (χ1) is 9.12. The van der Waals surface area contributed by atoms with Gasteiger partial charge < -0.3 is 15.0 Å². The molecule has 0 spiro atoms. The topological polar surface area (TPSA) is 74.2 Å². The molecule has 2 N–H and O–H groups in total. The fourth-order valence-corrected chi connectivity index (χ4v) is 1.87. The van der Waals surface area contributed by atoms with Gasteiger partial charge in [-0.1, -0.05) is 25.1 Å². The van der Waals surface area contributed by atoms with Gasteiger partial charge in [0.1, 0.15) is 5.75 Å². The fraction of sp³-hybridized carbons (Fsp3) is 0.429. The average Bonchev–Trinajstić information content (AvgIpc) is 2.97. The van der Waals surface area contributed by atoms with E-state index in [9.17, 15) is 0 Å². The van der Waals surface area contributed by atoms with Crippen molar-refractivity contribution in [2.75, 3.05) is 7.11 Å². The maximum absolute atomic E-state index is 6.26. The summed E-state index contributed by atoms with van der Waals surface area (Å²) in [5, 5.41) is 4.01. The van der Waals surface area contributed by atoms with Gasteiger partial charge >= 0.3 is 0 Å². The summed E-state index contributed by atoms with van der Waals surface area (Å²) >= 11 is 0. The van der Waals surface area contributed by atoms with E-state index in [1.165, 1.54) is 0 Å². The van der Waals surface area contributed by atoms with E-state index in [1.54, 1.807) is 7.11 Å². The number of nitrogens with zero attached hydrogens (tertiary/aromatic N) is 2. The van der Waals surface area contributed by atoms with Gasteiger partial charge in [-0.15, -0.1) is 0 Å². The van der Waals surface area contributed by atoms with Crippen molar-refractivity contribution in [2.45, 2.75) is 32.2 Å². The normalized spacial score (nSPS) is 11.6. The van der Waals surface area contributed by atoms with Gasteiger partial charge in [0.05, 0.1) is 12.6 Å². The molecule has 2 rings (SSSR count). The number of ether oxygens (including phenoxy) is 1. The van der Waals surface area contributed by atoms with Crippen LogP contribution in [0.2, 0.25) is 0 Å². The predicted octanol–water partition coefficient (Wildman–Crippen LogP) is 2.72. The molecule has 19 heavy (non-hydrogen) atoms. The molecule has 0 aliphatic heterocycles. The Morgan fingerprint density at radius 2 is 2.05 bits per heavy atom. The second kappa shape index (κ2) is 5.40. The molecule has 0 saturated carbocycles. The number of hydrogen-bond acceptors (Lipinski definition) is 5. The molecule has 1 aromatic carbocycles. The van der Waals surface area contributed by atoms with E-state index in [1.807, 2.05) is 38.1 Å². The SMILES string of the molecule is CCC(N)(CC)c1noc(-c2cccc(OC)c2)n1. The van der Waals surface area contributed by atoms with E-state index in [0.29, 0.717) is 11.7 Å². The first-order valence-corrected chi connectivity index (χ1v) is 6.40. The Kier molecular flexibility index (Phi) is 3.85. The number of hydrogen-bond donors (Lipinski definition) is 1. The van der Waals surface area contributed by atoms with Crippen molar-refractivity contribution in [1.82, 2.24) is 10.1 Å². The van der Waals surface area contributed by atoms with Crippen molar-refractivity contribution in [3.05, 3.63) is 30.1 Å². The van der Waals surface area contributed by atoms with Gasteiger partial charge in [0.2, 0.25) is 0 Å². The zero-order valence-electron chi connectivity index (χ0n) is 11.5. The second-order valence-electron chi connectivity index (χ2n) is 4.52. The van der Waals surface area contributed by atoms with Crippen LogP contribution in [0, 0.1) is 0 Å². The highest BCUT2D eigenvalue weighted by molar-refractivity contribution is 5.55. The number of methoxy groups -OCH3 is 1. The molecule has 0 fully saturated rings. The van der Waals surface area contributed by atoms with Crippen LogP contribution < -0.4 is 10.5 Å². The highest BCUT2D eigenvalue weighted by Crippen LogP contribution is 2.27. The van der Waals surface area contributed by atoms with Gasteiger partial charge in [-0.25, -0.2) is 0 Å². The molecule has 2 aromatic rings. The summed E-state index contributed by atoms with van der Waals surface area (Å²) in [6, 6.07) is 7.50. The minimum absolute atomic E-state index is 0.464. The Balaban J connectivity index is 2.35. The quantitative estimate of drug-likeness (QED) is 0.895. The molecule has 0 aliphatic carbocycles. The van der Waals surface area contributed by atoms with Crippen molar-refractivity contribution in [3.63, 3.8) is 0 Å². The van der Waals surface area contributed by atoms with Crippen LogP contribution in [0.5, 0.6) is 5.75 Å². The minimum atomic E-state index is -0.527. The van der Waals surface area contributed by atoms with E-state index in [4.69, 9.17) is 15.0 Å². The largest absolute Gasteiger partial charge is 0.497 e. The predicted molar refractivity (Wildman–Crippen MR) is 72.7 cm³/mol. The van der Waals surface area contributed by atoms with Crippen LogP contribution in [-0.4, -0.2) is 17.3 Å². The van der Waals surface area contributed by atoms with Gasteiger partial charge in [-0.3, -0.25) is 0 Å².